The van der Waals surface area contributed by atoms with Gasteiger partial charge in [-0.2, -0.15) is 0 Å². The van der Waals surface area contributed by atoms with Crippen LogP contribution in [0.15, 0.2) is 29.3 Å². The number of guanidine groups is 1. The van der Waals surface area contributed by atoms with E-state index in [0.29, 0.717) is 32.2 Å². The van der Waals surface area contributed by atoms with Crippen molar-refractivity contribution in [3.05, 3.63) is 34.9 Å². The number of aliphatic imine (C=N–C) groups is 1. The number of nitrogens with one attached hydrogen (secondary N) is 1. The number of carbonyl (C=O) groups excluding carboxylic acids is 1. The molecule has 1 heterocycles. The third-order valence-corrected chi connectivity index (χ3v) is 5.45. The number of piperidine rings is 1. The molecule has 6 nitrogen and oxygen atoms in total. The molecule has 0 aromatic heterocycles. The first kappa shape index (κ1) is 22.1. The van der Waals surface area contributed by atoms with Gasteiger partial charge < -0.3 is 20.7 Å². The maximum atomic E-state index is 11.7. The van der Waals surface area contributed by atoms with Crippen molar-refractivity contribution in [2.75, 3.05) is 26.2 Å². The number of ether oxygens (including phenoxy) is 1. The van der Waals surface area contributed by atoms with Gasteiger partial charge in [0.2, 0.25) is 0 Å². The quantitative estimate of drug-likeness (QED) is 0.364. The fourth-order valence-corrected chi connectivity index (χ4v) is 3.61. The van der Waals surface area contributed by atoms with Gasteiger partial charge in [0.25, 0.3) is 0 Å². The molecule has 1 aliphatic heterocycles. The average molecular weight is 507 g/mol. The minimum Gasteiger partial charge on any atom is -0.450 e. The number of hydrogen-bond acceptors (Lipinski definition) is 3. The number of halogens is 2. The summed E-state index contributed by atoms with van der Waals surface area (Å²) in [7, 11) is 0. The van der Waals surface area contributed by atoms with E-state index >= 15 is 0 Å². The average Bonchev–Trinajstić information content (AvgIpc) is 3.42. The number of nitrogens with zero attached hydrogens (tertiary/aromatic N) is 2. The molecule has 1 saturated heterocycles. The summed E-state index contributed by atoms with van der Waals surface area (Å²) < 4.78 is 5.04. The highest BCUT2D eigenvalue weighted by molar-refractivity contribution is 14.0. The van der Waals surface area contributed by atoms with Crippen LogP contribution in [0.4, 0.5) is 4.79 Å². The van der Waals surface area contributed by atoms with Gasteiger partial charge in [0.1, 0.15) is 0 Å². The monoisotopic (exact) mass is 506 g/mol. The van der Waals surface area contributed by atoms with Crippen LogP contribution in [0.3, 0.4) is 0 Å². The van der Waals surface area contributed by atoms with Gasteiger partial charge >= 0.3 is 6.09 Å². The van der Waals surface area contributed by atoms with Crippen molar-refractivity contribution < 1.29 is 9.53 Å². The van der Waals surface area contributed by atoms with Crippen LogP contribution in [0, 0.1) is 0 Å². The van der Waals surface area contributed by atoms with E-state index in [1.54, 1.807) is 4.90 Å². The fourth-order valence-electron chi connectivity index (χ4n) is 3.42. The molecule has 27 heavy (non-hydrogen) atoms. The predicted octanol–water partition coefficient (Wildman–Crippen LogP) is 3.51. The van der Waals surface area contributed by atoms with Crippen LogP contribution in [0.1, 0.15) is 38.2 Å². The van der Waals surface area contributed by atoms with E-state index in [4.69, 9.17) is 22.1 Å². The molecular formula is C19H28ClIN4O2. The number of nitrogens with two attached hydrogens (primary N) is 1. The Bertz CT molecular complexity index is 673. The second-order valence-electron chi connectivity index (χ2n) is 7.10. The maximum Gasteiger partial charge on any atom is 0.409 e. The molecule has 150 valence electrons. The summed E-state index contributed by atoms with van der Waals surface area (Å²) in [5.74, 6) is 0.480. The zero-order valence-electron chi connectivity index (χ0n) is 15.6. The number of benzene rings is 1. The van der Waals surface area contributed by atoms with Crippen LogP contribution < -0.4 is 11.1 Å². The SMILES string of the molecule is CCOC(=O)N1CCC(NC(N)=NCC2(c3cccc(Cl)c3)CC2)CC1.I. The highest BCUT2D eigenvalue weighted by Crippen LogP contribution is 2.48. The van der Waals surface area contributed by atoms with Gasteiger partial charge in [-0.25, -0.2) is 4.79 Å². The largest absolute Gasteiger partial charge is 0.450 e. The molecule has 0 radical (unpaired) electrons. The second kappa shape index (κ2) is 9.82. The lowest BCUT2D eigenvalue weighted by Crippen LogP contribution is -2.48. The Balaban J connectivity index is 0.00000261. The summed E-state index contributed by atoms with van der Waals surface area (Å²) in [6.07, 6.45) is 3.68. The molecule has 0 unspecified atom stereocenters. The lowest BCUT2D eigenvalue weighted by atomic mass is 9.96. The smallest absolute Gasteiger partial charge is 0.409 e. The van der Waals surface area contributed by atoms with Gasteiger partial charge in [0, 0.05) is 29.6 Å². The summed E-state index contributed by atoms with van der Waals surface area (Å²) in [5, 5.41) is 4.06. The van der Waals surface area contributed by atoms with E-state index in [9.17, 15) is 4.79 Å². The molecule has 1 aromatic carbocycles. The molecule has 0 spiro atoms. The predicted molar refractivity (Wildman–Crippen MR) is 119 cm³/mol. The van der Waals surface area contributed by atoms with Gasteiger partial charge in [-0.3, -0.25) is 4.99 Å². The summed E-state index contributed by atoms with van der Waals surface area (Å²) in [4.78, 5) is 18.1. The molecule has 8 heteroatoms. The Morgan fingerprint density at radius 1 is 1.41 bits per heavy atom. The molecule has 1 aliphatic carbocycles. The summed E-state index contributed by atoms with van der Waals surface area (Å²) in [6.45, 7) is 4.25. The first-order chi connectivity index (χ1) is 12.5. The molecule has 3 rings (SSSR count). The van der Waals surface area contributed by atoms with E-state index in [1.165, 1.54) is 5.56 Å². The lowest BCUT2D eigenvalue weighted by Gasteiger charge is -2.31. The number of rotatable bonds is 5. The van der Waals surface area contributed by atoms with E-state index in [-0.39, 0.29) is 41.5 Å². The summed E-state index contributed by atoms with van der Waals surface area (Å²) in [6, 6.07) is 8.26. The van der Waals surface area contributed by atoms with Gasteiger partial charge in [-0.15, -0.1) is 24.0 Å². The molecule has 0 bridgehead atoms. The van der Waals surface area contributed by atoms with Crippen molar-refractivity contribution in [2.45, 2.75) is 44.1 Å². The standard InChI is InChI=1S/C19H27ClN4O2.HI/c1-2-26-18(25)24-10-6-16(7-11-24)23-17(21)22-13-19(8-9-19)14-4-3-5-15(20)12-14;/h3-5,12,16H,2,6-11,13H2,1H3,(H3,21,22,23);1H. The molecular weight excluding hydrogens is 479 g/mol. The molecule has 1 aromatic rings. The highest BCUT2D eigenvalue weighted by atomic mass is 127. The Morgan fingerprint density at radius 3 is 2.70 bits per heavy atom. The highest BCUT2D eigenvalue weighted by Gasteiger charge is 2.44. The minimum atomic E-state index is -0.232. The number of amides is 1. The van der Waals surface area contributed by atoms with Crippen LogP contribution in [0.2, 0.25) is 5.02 Å². The van der Waals surface area contributed by atoms with Crippen molar-refractivity contribution in [1.82, 2.24) is 10.2 Å². The summed E-state index contributed by atoms with van der Waals surface area (Å²) in [5.41, 5.74) is 7.43. The maximum absolute atomic E-state index is 11.7. The van der Waals surface area contributed by atoms with Gasteiger partial charge in [0.05, 0.1) is 13.2 Å². The lowest BCUT2D eigenvalue weighted by molar-refractivity contribution is 0.0963. The second-order valence-corrected chi connectivity index (χ2v) is 7.53. The van der Waals surface area contributed by atoms with Crippen LogP contribution in [-0.4, -0.2) is 49.2 Å². The van der Waals surface area contributed by atoms with Crippen molar-refractivity contribution in [3.8, 4) is 0 Å². The van der Waals surface area contributed by atoms with Crippen molar-refractivity contribution in [3.63, 3.8) is 0 Å². The normalized spacial score (nSPS) is 19.2. The van der Waals surface area contributed by atoms with E-state index in [0.717, 1.165) is 30.7 Å². The molecule has 1 saturated carbocycles. The van der Waals surface area contributed by atoms with Crippen molar-refractivity contribution in [2.24, 2.45) is 10.7 Å². The fraction of sp³-hybridized carbons (Fsp3) is 0.579. The van der Waals surface area contributed by atoms with E-state index < -0.39 is 0 Å². The number of carbonyl (C=O) groups is 1. The number of likely N-dealkylation sites (tertiary alicyclic amines) is 1. The third kappa shape index (κ3) is 5.88. The zero-order valence-corrected chi connectivity index (χ0v) is 18.7. The van der Waals surface area contributed by atoms with E-state index in [1.807, 2.05) is 25.1 Å². The number of hydrogen-bond donors (Lipinski definition) is 2. The van der Waals surface area contributed by atoms with Crippen LogP contribution in [0.25, 0.3) is 0 Å². The van der Waals surface area contributed by atoms with Gasteiger partial charge in [0.15, 0.2) is 5.96 Å². The molecule has 0 atom stereocenters. The third-order valence-electron chi connectivity index (χ3n) is 5.22. The van der Waals surface area contributed by atoms with Gasteiger partial charge in [-0.05, 0) is 50.3 Å². The first-order valence-electron chi connectivity index (χ1n) is 9.26. The molecule has 3 N–H and O–H groups in total. The Kier molecular flexibility index (Phi) is 8.03. The Hall–Kier alpha value is -1.22. The van der Waals surface area contributed by atoms with Gasteiger partial charge in [-0.1, -0.05) is 23.7 Å². The zero-order chi connectivity index (χ0) is 18.6. The van der Waals surface area contributed by atoms with Crippen LogP contribution in [0.5, 0.6) is 0 Å². The molecule has 2 aliphatic rings. The van der Waals surface area contributed by atoms with E-state index in [2.05, 4.69) is 16.4 Å². The van der Waals surface area contributed by atoms with Crippen molar-refractivity contribution in [1.29, 1.82) is 0 Å². The molecule has 1 amide bonds. The van der Waals surface area contributed by atoms with Crippen LogP contribution >= 0.6 is 35.6 Å². The topological polar surface area (TPSA) is 80.0 Å². The summed E-state index contributed by atoms with van der Waals surface area (Å²) >= 11 is 6.11. The Labute approximate surface area is 182 Å². The van der Waals surface area contributed by atoms with Crippen LogP contribution in [-0.2, 0) is 10.2 Å². The molecule has 2 fully saturated rings. The Morgan fingerprint density at radius 2 is 2.11 bits per heavy atom. The first-order valence-corrected chi connectivity index (χ1v) is 9.64. The van der Waals surface area contributed by atoms with Crippen molar-refractivity contribution >= 4 is 47.6 Å². The minimum absolute atomic E-state index is 0.